The summed E-state index contributed by atoms with van der Waals surface area (Å²) in [6.45, 7) is 1.79. The second-order valence-electron chi connectivity index (χ2n) is 5.13. The van der Waals surface area contributed by atoms with E-state index >= 15 is 0 Å². The SMILES string of the molecule is N/C(=N/O)c1ccncc1N1CCc2ccccc2CC1. The van der Waals surface area contributed by atoms with Gasteiger partial charge in [0.25, 0.3) is 0 Å². The lowest BCUT2D eigenvalue weighted by molar-refractivity contribution is 0.318. The van der Waals surface area contributed by atoms with Crippen molar-refractivity contribution in [1.29, 1.82) is 0 Å². The molecule has 21 heavy (non-hydrogen) atoms. The summed E-state index contributed by atoms with van der Waals surface area (Å²) in [5.74, 6) is 0.120. The van der Waals surface area contributed by atoms with Gasteiger partial charge in [0.05, 0.1) is 11.9 Å². The predicted molar refractivity (Wildman–Crippen MR) is 82.8 cm³/mol. The molecule has 0 fully saturated rings. The van der Waals surface area contributed by atoms with Gasteiger partial charge >= 0.3 is 0 Å². The molecule has 1 aliphatic heterocycles. The van der Waals surface area contributed by atoms with Crippen molar-refractivity contribution in [3.05, 3.63) is 59.4 Å². The number of hydrogen-bond donors (Lipinski definition) is 2. The normalized spacial score (nSPS) is 15.4. The third-order valence-corrected chi connectivity index (χ3v) is 3.94. The van der Waals surface area contributed by atoms with Crippen LogP contribution < -0.4 is 10.6 Å². The van der Waals surface area contributed by atoms with Crippen molar-refractivity contribution in [3.63, 3.8) is 0 Å². The third-order valence-electron chi connectivity index (χ3n) is 3.94. The van der Waals surface area contributed by atoms with E-state index in [1.165, 1.54) is 11.1 Å². The van der Waals surface area contributed by atoms with Gasteiger partial charge in [-0.2, -0.15) is 0 Å². The van der Waals surface area contributed by atoms with E-state index in [0.717, 1.165) is 37.2 Å². The maximum atomic E-state index is 8.93. The maximum absolute atomic E-state index is 8.93. The fraction of sp³-hybridized carbons (Fsp3) is 0.250. The molecular weight excluding hydrogens is 264 g/mol. The summed E-state index contributed by atoms with van der Waals surface area (Å²) in [5.41, 5.74) is 10.2. The Morgan fingerprint density at radius 2 is 1.81 bits per heavy atom. The number of aromatic nitrogens is 1. The first-order valence-corrected chi connectivity index (χ1v) is 7.03. The summed E-state index contributed by atoms with van der Waals surface area (Å²) in [4.78, 5) is 6.43. The van der Waals surface area contributed by atoms with E-state index in [0.29, 0.717) is 0 Å². The van der Waals surface area contributed by atoms with Crippen LogP contribution in [0.5, 0.6) is 0 Å². The molecular formula is C16H18N4O. The molecule has 1 aromatic heterocycles. The molecule has 0 amide bonds. The monoisotopic (exact) mass is 282 g/mol. The molecule has 2 heterocycles. The molecule has 0 saturated carbocycles. The molecule has 0 atom stereocenters. The molecule has 1 aliphatic rings. The topological polar surface area (TPSA) is 74.7 Å². The Bertz CT molecular complexity index is 642. The van der Waals surface area contributed by atoms with Crippen LogP contribution in [0, 0.1) is 0 Å². The number of oxime groups is 1. The smallest absolute Gasteiger partial charge is 0.172 e. The fourth-order valence-corrected chi connectivity index (χ4v) is 2.82. The number of amidine groups is 1. The maximum Gasteiger partial charge on any atom is 0.172 e. The van der Waals surface area contributed by atoms with Gasteiger partial charge in [0.1, 0.15) is 0 Å². The summed E-state index contributed by atoms with van der Waals surface area (Å²) < 4.78 is 0. The summed E-state index contributed by atoms with van der Waals surface area (Å²) in [6.07, 6.45) is 5.41. The van der Waals surface area contributed by atoms with E-state index in [4.69, 9.17) is 10.9 Å². The van der Waals surface area contributed by atoms with Gasteiger partial charge in [-0.05, 0) is 30.0 Å². The van der Waals surface area contributed by atoms with Gasteiger partial charge < -0.3 is 15.8 Å². The first-order chi connectivity index (χ1) is 10.3. The third kappa shape index (κ3) is 2.67. The molecule has 1 aromatic carbocycles. The molecule has 5 nitrogen and oxygen atoms in total. The fourth-order valence-electron chi connectivity index (χ4n) is 2.82. The Morgan fingerprint density at radius 3 is 2.43 bits per heavy atom. The lowest BCUT2D eigenvalue weighted by Crippen LogP contribution is -2.29. The number of nitrogens with zero attached hydrogens (tertiary/aromatic N) is 3. The van der Waals surface area contributed by atoms with Gasteiger partial charge in [0.15, 0.2) is 5.84 Å². The zero-order valence-electron chi connectivity index (χ0n) is 11.7. The average Bonchev–Trinajstić information content (AvgIpc) is 2.77. The summed E-state index contributed by atoms with van der Waals surface area (Å²) in [5, 5.41) is 12.0. The van der Waals surface area contributed by atoms with E-state index < -0.39 is 0 Å². The molecule has 108 valence electrons. The summed E-state index contributed by atoms with van der Waals surface area (Å²) in [6, 6.07) is 10.3. The Balaban J connectivity index is 1.90. The highest BCUT2D eigenvalue weighted by Crippen LogP contribution is 2.23. The van der Waals surface area contributed by atoms with Crippen LogP contribution in [-0.4, -0.2) is 29.1 Å². The second kappa shape index (κ2) is 5.83. The zero-order valence-corrected chi connectivity index (χ0v) is 11.7. The van der Waals surface area contributed by atoms with Crippen molar-refractivity contribution >= 4 is 11.5 Å². The number of benzene rings is 1. The lowest BCUT2D eigenvalue weighted by Gasteiger charge is -2.24. The van der Waals surface area contributed by atoms with Crippen molar-refractivity contribution in [2.75, 3.05) is 18.0 Å². The van der Waals surface area contributed by atoms with E-state index in [1.54, 1.807) is 18.5 Å². The molecule has 0 unspecified atom stereocenters. The molecule has 0 bridgehead atoms. The number of hydrogen-bond acceptors (Lipinski definition) is 4. The average molecular weight is 282 g/mol. The molecule has 3 N–H and O–H groups in total. The molecule has 2 aromatic rings. The van der Waals surface area contributed by atoms with Gasteiger partial charge in [0.2, 0.25) is 0 Å². The van der Waals surface area contributed by atoms with Crippen LogP contribution in [-0.2, 0) is 12.8 Å². The van der Waals surface area contributed by atoms with Gasteiger partial charge in [-0.3, -0.25) is 4.98 Å². The van der Waals surface area contributed by atoms with E-state index in [-0.39, 0.29) is 5.84 Å². The number of rotatable bonds is 2. The molecule has 0 radical (unpaired) electrons. The Hall–Kier alpha value is -2.56. The Kier molecular flexibility index (Phi) is 3.73. The summed E-state index contributed by atoms with van der Waals surface area (Å²) in [7, 11) is 0. The summed E-state index contributed by atoms with van der Waals surface area (Å²) >= 11 is 0. The first kappa shape index (κ1) is 13.4. The molecule has 5 heteroatoms. The number of fused-ring (bicyclic) bond motifs is 1. The van der Waals surface area contributed by atoms with E-state index in [9.17, 15) is 0 Å². The van der Waals surface area contributed by atoms with Crippen LogP contribution >= 0.6 is 0 Å². The van der Waals surface area contributed by atoms with Gasteiger partial charge in [0, 0.05) is 24.8 Å². The van der Waals surface area contributed by atoms with E-state index in [2.05, 4.69) is 39.3 Å². The molecule has 0 aliphatic carbocycles. The Labute approximate surface area is 123 Å². The van der Waals surface area contributed by atoms with Crippen molar-refractivity contribution in [2.45, 2.75) is 12.8 Å². The van der Waals surface area contributed by atoms with Crippen molar-refractivity contribution in [1.82, 2.24) is 4.98 Å². The zero-order chi connectivity index (χ0) is 14.7. The number of nitrogens with two attached hydrogens (primary N) is 1. The van der Waals surface area contributed by atoms with Crippen molar-refractivity contribution in [2.24, 2.45) is 10.9 Å². The van der Waals surface area contributed by atoms with Crippen LogP contribution in [0.25, 0.3) is 0 Å². The van der Waals surface area contributed by atoms with Gasteiger partial charge in [-0.15, -0.1) is 0 Å². The lowest BCUT2D eigenvalue weighted by atomic mass is 10.0. The molecule has 0 spiro atoms. The molecule has 0 saturated heterocycles. The highest BCUT2D eigenvalue weighted by atomic mass is 16.4. The van der Waals surface area contributed by atoms with Crippen LogP contribution in [0.4, 0.5) is 5.69 Å². The van der Waals surface area contributed by atoms with Crippen LogP contribution in [0.2, 0.25) is 0 Å². The number of pyridine rings is 1. The van der Waals surface area contributed by atoms with E-state index in [1.807, 2.05) is 0 Å². The highest BCUT2D eigenvalue weighted by molar-refractivity contribution is 6.02. The largest absolute Gasteiger partial charge is 0.409 e. The highest BCUT2D eigenvalue weighted by Gasteiger charge is 2.18. The van der Waals surface area contributed by atoms with Crippen LogP contribution in [0.15, 0.2) is 47.9 Å². The minimum absolute atomic E-state index is 0.120. The predicted octanol–water partition coefficient (Wildman–Crippen LogP) is 1.78. The quantitative estimate of drug-likeness (QED) is 0.381. The van der Waals surface area contributed by atoms with Crippen LogP contribution in [0.1, 0.15) is 16.7 Å². The Morgan fingerprint density at radius 1 is 1.14 bits per heavy atom. The number of anilines is 1. The minimum Gasteiger partial charge on any atom is -0.409 e. The first-order valence-electron chi connectivity index (χ1n) is 7.03. The van der Waals surface area contributed by atoms with Crippen LogP contribution in [0.3, 0.4) is 0 Å². The molecule has 3 rings (SSSR count). The second-order valence-corrected chi connectivity index (χ2v) is 5.13. The van der Waals surface area contributed by atoms with Crippen molar-refractivity contribution in [3.8, 4) is 0 Å². The van der Waals surface area contributed by atoms with Gasteiger partial charge in [-0.25, -0.2) is 0 Å². The van der Waals surface area contributed by atoms with Gasteiger partial charge in [-0.1, -0.05) is 29.4 Å². The standard InChI is InChI=1S/C16H18N4O/c17-16(19-21)14-5-8-18-11-15(14)20-9-6-12-3-1-2-4-13(12)7-10-20/h1-5,8,11,21H,6-7,9-10H2,(H2,17,19). The minimum atomic E-state index is 0.120. The van der Waals surface area contributed by atoms with Crippen molar-refractivity contribution < 1.29 is 5.21 Å².